The molecule has 0 spiro atoms. The number of carbonyl (C=O) groups excluding carboxylic acids is 1. The van der Waals surface area contributed by atoms with E-state index in [-0.39, 0.29) is 5.78 Å². The quantitative estimate of drug-likeness (QED) is 0.680. The van der Waals surface area contributed by atoms with Gasteiger partial charge in [0.25, 0.3) is 0 Å². The Morgan fingerprint density at radius 3 is 2.05 bits per heavy atom. The molecule has 0 aliphatic heterocycles. The molecule has 0 fully saturated rings. The minimum absolute atomic E-state index is 0.123. The van der Waals surface area contributed by atoms with Crippen molar-refractivity contribution in [1.82, 2.24) is 0 Å². The lowest BCUT2D eigenvalue weighted by Gasteiger charge is -2.12. The van der Waals surface area contributed by atoms with Gasteiger partial charge >= 0.3 is 0 Å². The van der Waals surface area contributed by atoms with Gasteiger partial charge in [0.1, 0.15) is 17.3 Å². The standard InChI is InChI=1S/C16H14Br2O3/c1-10(19)7-11-8-14(17)16(15(18)9-11)21-13-5-3-12(20-2)4-6-13/h3-6,8-9H,7H2,1-2H3. The molecule has 0 bridgehead atoms. The van der Waals surface area contributed by atoms with Gasteiger partial charge in [-0.05, 0) is 80.7 Å². The molecule has 2 aromatic carbocycles. The second-order valence-electron chi connectivity index (χ2n) is 4.54. The highest BCUT2D eigenvalue weighted by Gasteiger charge is 2.11. The summed E-state index contributed by atoms with van der Waals surface area (Å²) in [5.74, 6) is 2.28. The maximum atomic E-state index is 11.2. The molecule has 110 valence electrons. The van der Waals surface area contributed by atoms with Crippen LogP contribution in [0.2, 0.25) is 0 Å². The third kappa shape index (κ3) is 4.32. The van der Waals surface area contributed by atoms with Crippen LogP contribution in [0.15, 0.2) is 45.3 Å². The van der Waals surface area contributed by atoms with Gasteiger partial charge in [0.15, 0.2) is 5.75 Å². The third-order valence-corrected chi connectivity index (χ3v) is 3.97. The van der Waals surface area contributed by atoms with E-state index in [9.17, 15) is 4.79 Å². The fraction of sp³-hybridized carbons (Fsp3) is 0.188. The first-order valence-electron chi connectivity index (χ1n) is 6.29. The van der Waals surface area contributed by atoms with Gasteiger partial charge < -0.3 is 9.47 Å². The van der Waals surface area contributed by atoms with Crippen LogP contribution in [0.3, 0.4) is 0 Å². The third-order valence-electron chi connectivity index (χ3n) is 2.79. The molecule has 0 heterocycles. The van der Waals surface area contributed by atoms with Crippen molar-refractivity contribution in [2.45, 2.75) is 13.3 Å². The summed E-state index contributed by atoms with van der Waals surface area (Å²) in [5.41, 5.74) is 0.934. The van der Waals surface area contributed by atoms with E-state index in [2.05, 4.69) is 31.9 Å². The Bertz CT molecular complexity index is 628. The number of ether oxygens (including phenoxy) is 2. The highest BCUT2D eigenvalue weighted by atomic mass is 79.9. The summed E-state index contributed by atoms with van der Waals surface area (Å²) in [6.45, 7) is 1.57. The normalized spacial score (nSPS) is 10.3. The van der Waals surface area contributed by atoms with Gasteiger partial charge in [-0.3, -0.25) is 4.79 Å². The van der Waals surface area contributed by atoms with Crippen molar-refractivity contribution in [1.29, 1.82) is 0 Å². The van der Waals surface area contributed by atoms with E-state index in [1.165, 1.54) is 0 Å². The fourth-order valence-corrected chi connectivity index (χ4v) is 3.30. The van der Waals surface area contributed by atoms with Crippen molar-refractivity contribution < 1.29 is 14.3 Å². The average molecular weight is 414 g/mol. The number of rotatable bonds is 5. The van der Waals surface area contributed by atoms with Crippen molar-refractivity contribution in [2.75, 3.05) is 7.11 Å². The van der Waals surface area contributed by atoms with Crippen LogP contribution >= 0.6 is 31.9 Å². The average Bonchev–Trinajstić information content (AvgIpc) is 2.43. The van der Waals surface area contributed by atoms with Crippen molar-refractivity contribution in [3.05, 3.63) is 50.9 Å². The second-order valence-corrected chi connectivity index (χ2v) is 6.25. The summed E-state index contributed by atoms with van der Waals surface area (Å²) in [7, 11) is 1.62. The summed E-state index contributed by atoms with van der Waals surface area (Å²) < 4.78 is 12.6. The molecule has 3 nitrogen and oxygen atoms in total. The smallest absolute Gasteiger partial charge is 0.155 e. The molecule has 0 aromatic heterocycles. The van der Waals surface area contributed by atoms with E-state index in [4.69, 9.17) is 9.47 Å². The highest BCUT2D eigenvalue weighted by Crippen LogP contribution is 2.38. The predicted octanol–water partition coefficient (Wildman–Crippen LogP) is 5.14. The van der Waals surface area contributed by atoms with Crippen LogP contribution in [0, 0.1) is 0 Å². The van der Waals surface area contributed by atoms with Crippen molar-refractivity contribution in [3.8, 4) is 17.2 Å². The van der Waals surface area contributed by atoms with Gasteiger partial charge in [-0.25, -0.2) is 0 Å². The maximum absolute atomic E-state index is 11.2. The molecule has 0 aliphatic rings. The summed E-state index contributed by atoms with van der Waals surface area (Å²) in [5, 5.41) is 0. The second kappa shape index (κ2) is 7.09. The minimum atomic E-state index is 0.123. The molecule has 21 heavy (non-hydrogen) atoms. The number of halogens is 2. The van der Waals surface area contributed by atoms with Crippen LogP contribution in [-0.2, 0) is 11.2 Å². The molecule has 0 N–H and O–H groups in total. The highest BCUT2D eigenvalue weighted by molar-refractivity contribution is 9.11. The maximum Gasteiger partial charge on any atom is 0.155 e. The summed E-state index contributed by atoms with van der Waals surface area (Å²) in [4.78, 5) is 11.2. The zero-order valence-electron chi connectivity index (χ0n) is 11.7. The van der Waals surface area contributed by atoms with E-state index in [0.717, 1.165) is 20.3 Å². The molecule has 0 amide bonds. The van der Waals surface area contributed by atoms with Crippen LogP contribution in [-0.4, -0.2) is 12.9 Å². The first kappa shape index (κ1) is 16.0. The van der Waals surface area contributed by atoms with Gasteiger partial charge in [-0.15, -0.1) is 0 Å². The lowest BCUT2D eigenvalue weighted by atomic mass is 10.1. The summed E-state index contributed by atoms with van der Waals surface area (Å²) in [6, 6.07) is 11.1. The first-order valence-corrected chi connectivity index (χ1v) is 7.87. The number of ketones is 1. The van der Waals surface area contributed by atoms with Gasteiger partial charge in [-0.1, -0.05) is 0 Å². The van der Waals surface area contributed by atoms with Crippen LogP contribution < -0.4 is 9.47 Å². The molecule has 0 saturated carbocycles. The molecule has 2 rings (SSSR count). The van der Waals surface area contributed by atoms with Crippen LogP contribution in [0.5, 0.6) is 17.2 Å². The van der Waals surface area contributed by atoms with E-state index < -0.39 is 0 Å². The van der Waals surface area contributed by atoms with Crippen LogP contribution in [0.25, 0.3) is 0 Å². The number of methoxy groups -OCH3 is 1. The zero-order chi connectivity index (χ0) is 15.4. The SMILES string of the molecule is COc1ccc(Oc2c(Br)cc(CC(C)=O)cc2Br)cc1. The Hall–Kier alpha value is -1.33. The van der Waals surface area contributed by atoms with E-state index >= 15 is 0 Å². The van der Waals surface area contributed by atoms with Crippen LogP contribution in [0.4, 0.5) is 0 Å². The number of hydrogen-bond acceptors (Lipinski definition) is 3. The van der Waals surface area contributed by atoms with Gasteiger partial charge in [-0.2, -0.15) is 0 Å². The topological polar surface area (TPSA) is 35.5 Å². The van der Waals surface area contributed by atoms with Gasteiger partial charge in [0.2, 0.25) is 0 Å². The van der Waals surface area contributed by atoms with E-state index in [1.807, 2.05) is 36.4 Å². The molecule has 2 aromatic rings. The lowest BCUT2D eigenvalue weighted by molar-refractivity contribution is -0.116. The Morgan fingerprint density at radius 1 is 1.05 bits per heavy atom. The molecule has 5 heteroatoms. The largest absolute Gasteiger partial charge is 0.497 e. The lowest BCUT2D eigenvalue weighted by Crippen LogP contribution is -1.97. The Labute approximate surface area is 140 Å². The van der Waals surface area contributed by atoms with E-state index in [1.54, 1.807) is 14.0 Å². The predicted molar refractivity (Wildman–Crippen MR) is 89.3 cm³/mol. The molecular weight excluding hydrogens is 400 g/mol. The number of carbonyl (C=O) groups is 1. The van der Waals surface area contributed by atoms with Crippen molar-refractivity contribution in [2.24, 2.45) is 0 Å². The molecule has 0 unspecified atom stereocenters. The minimum Gasteiger partial charge on any atom is -0.497 e. The Kier molecular flexibility index (Phi) is 5.42. The molecule has 0 aliphatic carbocycles. The van der Waals surface area contributed by atoms with Crippen molar-refractivity contribution in [3.63, 3.8) is 0 Å². The first-order chi connectivity index (χ1) is 9.99. The van der Waals surface area contributed by atoms with Gasteiger partial charge in [0, 0.05) is 6.42 Å². The number of benzene rings is 2. The number of hydrogen-bond donors (Lipinski definition) is 0. The summed E-state index contributed by atoms with van der Waals surface area (Å²) >= 11 is 6.97. The Balaban J connectivity index is 2.24. The van der Waals surface area contributed by atoms with Crippen molar-refractivity contribution >= 4 is 37.6 Å². The van der Waals surface area contributed by atoms with Gasteiger partial charge in [0.05, 0.1) is 16.1 Å². The fourth-order valence-electron chi connectivity index (χ4n) is 1.86. The zero-order valence-corrected chi connectivity index (χ0v) is 14.8. The Morgan fingerprint density at radius 2 is 1.57 bits per heavy atom. The molecule has 0 saturated heterocycles. The number of Topliss-reactive ketones (excluding diaryl/α,β-unsaturated/α-hetero) is 1. The van der Waals surface area contributed by atoms with E-state index in [0.29, 0.717) is 17.9 Å². The molecule has 0 atom stereocenters. The summed E-state index contributed by atoms with van der Waals surface area (Å²) in [6.07, 6.45) is 0.403. The monoisotopic (exact) mass is 412 g/mol. The molecule has 0 radical (unpaired) electrons. The molecular formula is C16H14Br2O3. The van der Waals surface area contributed by atoms with Crippen LogP contribution in [0.1, 0.15) is 12.5 Å².